The fourth-order valence-corrected chi connectivity index (χ4v) is 6.46. The molecule has 168 valence electrons. The number of hydrogen-bond donors (Lipinski definition) is 1. The van der Waals surface area contributed by atoms with E-state index in [-0.39, 0.29) is 28.4 Å². The first-order valence-corrected chi connectivity index (χ1v) is 12.4. The zero-order chi connectivity index (χ0) is 22.2. The van der Waals surface area contributed by atoms with Gasteiger partial charge in [-0.05, 0) is 55.1 Å². The van der Waals surface area contributed by atoms with Crippen molar-refractivity contribution in [3.05, 3.63) is 28.5 Å². The Morgan fingerprint density at radius 3 is 2.47 bits per heavy atom. The van der Waals surface area contributed by atoms with Crippen LogP contribution < -0.4 is 5.32 Å². The maximum absolute atomic E-state index is 12.7. The van der Waals surface area contributed by atoms with Crippen LogP contribution in [0.4, 0.5) is 13.2 Å². The first kappa shape index (κ1) is 23.3. The third-order valence-electron chi connectivity index (χ3n) is 5.87. The zero-order valence-electron chi connectivity index (χ0n) is 16.8. The second kappa shape index (κ2) is 8.65. The summed E-state index contributed by atoms with van der Waals surface area (Å²) in [4.78, 5) is 15.8. The molecule has 0 aromatic carbocycles. The number of aromatic nitrogens is 1. The summed E-state index contributed by atoms with van der Waals surface area (Å²) in [6, 6.07) is 1.76. The van der Waals surface area contributed by atoms with Gasteiger partial charge in [0.25, 0.3) is 5.91 Å². The minimum absolute atomic E-state index is 0.0912. The first-order chi connectivity index (χ1) is 13.9. The predicted molar refractivity (Wildman–Crippen MR) is 108 cm³/mol. The number of sulfone groups is 1. The molecule has 10 heteroatoms. The molecule has 3 rings (SSSR count). The van der Waals surface area contributed by atoms with E-state index in [1.807, 2.05) is 6.92 Å². The van der Waals surface area contributed by atoms with E-state index in [2.05, 4.69) is 10.3 Å². The van der Waals surface area contributed by atoms with Crippen LogP contribution in [0.5, 0.6) is 0 Å². The monoisotopic (exact) mass is 466 g/mol. The summed E-state index contributed by atoms with van der Waals surface area (Å²) in [5.74, 6) is 0.490. The molecule has 0 radical (unpaired) electrons. The van der Waals surface area contributed by atoms with Crippen LogP contribution in [-0.2, 0) is 16.0 Å². The molecule has 1 amide bonds. The Hall–Kier alpha value is -1.35. The van der Waals surface area contributed by atoms with Gasteiger partial charge in [0.05, 0.1) is 11.3 Å². The number of amides is 1. The van der Waals surface area contributed by atoms with Crippen LogP contribution in [0.15, 0.2) is 12.1 Å². The smallest absolute Gasteiger partial charge is 0.351 e. The summed E-state index contributed by atoms with van der Waals surface area (Å²) in [6.07, 6.45) is 0.632. The average Bonchev–Trinajstić information content (AvgIpc) is 3.40. The summed E-state index contributed by atoms with van der Waals surface area (Å²) < 4.78 is 62.4. The fraction of sp³-hybridized carbons (Fsp3) is 0.700. The molecule has 0 spiro atoms. The summed E-state index contributed by atoms with van der Waals surface area (Å²) in [5, 5.41) is 2.30. The van der Waals surface area contributed by atoms with Crippen molar-refractivity contribution in [2.45, 2.75) is 51.6 Å². The van der Waals surface area contributed by atoms with E-state index in [0.717, 1.165) is 44.2 Å². The Labute approximate surface area is 179 Å². The van der Waals surface area contributed by atoms with Gasteiger partial charge >= 0.3 is 6.18 Å². The molecule has 2 fully saturated rings. The van der Waals surface area contributed by atoms with Gasteiger partial charge in [0.15, 0.2) is 9.84 Å². The molecule has 0 unspecified atom stereocenters. The molecule has 1 aromatic heterocycles. The first-order valence-electron chi connectivity index (χ1n) is 10.2. The fourth-order valence-electron chi connectivity index (χ4n) is 4.48. The van der Waals surface area contributed by atoms with Crippen LogP contribution in [0.3, 0.4) is 0 Å². The van der Waals surface area contributed by atoms with Crippen molar-refractivity contribution < 1.29 is 26.4 Å². The number of halogens is 4. The second-order valence-electron chi connectivity index (χ2n) is 8.75. The van der Waals surface area contributed by atoms with E-state index < -0.39 is 32.8 Å². The highest BCUT2D eigenvalue weighted by Crippen LogP contribution is 2.54. The standard InChI is InChI=1S/C20H26ClF3N2O3S/c1-2-7-30(28,29)11-14-9-19(10-14,8-13-3-4-13)12-25-18(27)15-5-6-16(20(22,23)24)26-17(15)21/h5-6,13-14H,2-4,7-12H2,1H3,(H,25,27). The van der Waals surface area contributed by atoms with Crippen LogP contribution in [0.1, 0.15) is 61.5 Å². The maximum Gasteiger partial charge on any atom is 0.433 e. The Kier molecular flexibility index (Phi) is 6.72. The van der Waals surface area contributed by atoms with Crippen LogP contribution >= 0.6 is 11.6 Å². The van der Waals surface area contributed by atoms with Crippen LogP contribution in [-0.4, -0.2) is 37.4 Å². The van der Waals surface area contributed by atoms with Gasteiger partial charge in [-0.15, -0.1) is 0 Å². The lowest BCUT2D eigenvalue weighted by Crippen LogP contribution is -2.48. The normalized spacial score (nSPS) is 24.4. The van der Waals surface area contributed by atoms with Crippen molar-refractivity contribution in [1.82, 2.24) is 10.3 Å². The van der Waals surface area contributed by atoms with E-state index in [4.69, 9.17) is 11.6 Å². The molecular formula is C20H26ClF3N2O3S. The van der Waals surface area contributed by atoms with Gasteiger partial charge in [0, 0.05) is 12.3 Å². The van der Waals surface area contributed by atoms with Gasteiger partial charge in [-0.1, -0.05) is 31.4 Å². The summed E-state index contributed by atoms with van der Waals surface area (Å²) in [7, 11) is -3.06. The highest BCUT2D eigenvalue weighted by molar-refractivity contribution is 7.91. The summed E-state index contributed by atoms with van der Waals surface area (Å²) in [6.45, 7) is 2.19. The third kappa shape index (κ3) is 5.87. The number of hydrogen-bond acceptors (Lipinski definition) is 4. The minimum Gasteiger partial charge on any atom is -0.351 e. The molecule has 1 N–H and O–H groups in total. The third-order valence-corrected chi connectivity index (χ3v) is 8.17. The lowest BCUT2D eigenvalue weighted by Gasteiger charge is -2.48. The van der Waals surface area contributed by atoms with Crippen molar-refractivity contribution in [3.63, 3.8) is 0 Å². The second-order valence-corrected chi connectivity index (χ2v) is 11.3. The molecule has 2 aliphatic carbocycles. The molecule has 2 aliphatic rings. The number of alkyl halides is 3. The number of nitrogens with zero attached hydrogens (tertiary/aromatic N) is 1. The van der Waals surface area contributed by atoms with Gasteiger partial charge in [-0.3, -0.25) is 4.79 Å². The van der Waals surface area contributed by atoms with Crippen LogP contribution in [0, 0.1) is 17.3 Å². The molecule has 5 nitrogen and oxygen atoms in total. The predicted octanol–water partition coefficient (Wildman–Crippen LogP) is 4.50. The molecule has 0 saturated heterocycles. The molecule has 0 atom stereocenters. The molecule has 2 saturated carbocycles. The summed E-state index contributed by atoms with van der Waals surface area (Å²) in [5.41, 5.74) is -1.41. The van der Waals surface area contributed by atoms with E-state index in [0.29, 0.717) is 18.9 Å². The molecular weight excluding hydrogens is 441 g/mol. The SMILES string of the molecule is CCCS(=O)(=O)CC1CC(CNC(=O)c2ccc(C(F)(F)F)nc2Cl)(CC2CC2)C1. The topological polar surface area (TPSA) is 76.1 Å². The van der Waals surface area contributed by atoms with E-state index in [1.54, 1.807) is 0 Å². The number of pyridine rings is 1. The minimum atomic E-state index is -4.63. The lowest BCUT2D eigenvalue weighted by molar-refractivity contribution is -0.141. The Bertz CT molecular complexity index is 895. The zero-order valence-corrected chi connectivity index (χ0v) is 18.3. The quantitative estimate of drug-likeness (QED) is 0.543. The number of nitrogens with one attached hydrogen (secondary N) is 1. The van der Waals surface area contributed by atoms with Crippen molar-refractivity contribution >= 4 is 27.3 Å². The highest BCUT2D eigenvalue weighted by Gasteiger charge is 2.48. The maximum atomic E-state index is 12.7. The number of carbonyl (C=O) groups is 1. The Balaban J connectivity index is 1.61. The van der Waals surface area contributed by atoms with Crippen molar-refractivity contribution in [3.8, 4) is 0 Å². The van der Waals surface area contributed by atoms with Crippen LogP contribution in [0.2, 0.25) is 5.15 Å². The van der Waals surface area contributed by atoms with E-state index >= 15 is 0 Å². The highest BCUT2D eigenvalue weighted by atomic mass is 35.5. The van der Waals surface area contributed by atoms with Crippen LogP contribution in [0.25, 0.3) is 0 Å². The van der Waals surface area contributed by atoms with Crippen molar-refractivity contribution in [2.75, 3.05) is 18.1 Å². The van der Waals surface area contributed by atoms with Crippen molar-refractivity contribution in [1.29, 1.82) is 0 Å². The molecule has 0 bridgehead atoms. The Morgan fingerprint density at radius 2 is 1.93 bits per heavy atom. The van der Waals surface area contributed by atoms with Gasteiger partial charge in [-0.2, -0.15) is 13.2 Å². The largest absolute Gasteiger partial charge is 0.433 e. The van der Waals surface area contributed by atoms with Gasteiger partial charge in [-0.25, -0.2) is 13.4 Å². The Morgan fingerprint density at radius 1 is 1.27 bits per heavy atom. The molecule has 0 aliphatic heterocycles. The number of carbonyl (C=O) groups excluding carboxylic acids is 1. The molecule has 30 heavy (non-hydrogen) atoms. The van der Waals surface area contributed by atoms with E-state index in [1.165, 1.54) is 0 Å². The van der Waals surface area contributed by atoms with Crippen molar-refractivity contribution in [2.24, 2.45) is 17.3 Å². The molecule has 1 aromatic rings. The van der Waals surface area contributed by atoms with E-state index in [9.17, 15) is 26.4 Å². The van der Waals surface area contributed by atoms with Gasteiger partial charge < -0.3 is 5.32 Å². The van der Waals surface area contributed by atoms with Gasteiger partial charge in [0.1, 0.15) is 10.8 Å². The van der Waals surface area contributed by atoms with Gasteiger partial charge in [0.2, 0.25) is 0 Å². The summed E-state index contributed by atoms with van der Waals surface area (Å²) >= 11 is 5.81. The molecule has 1 heterocycles. The number of rotatable bonds is 9. The lowest BCUT2D eigenvalue weighted by atomic mass is 9.60. The average molecular weight is 467 g/mol.